The van der Waals surface area contributed by atoms with Gasteiger partial charge < -0.3 is 10.2 Å². The highest BCUT2D eigenvalue weighted by Crippen LogP contribution is 2.33. The quantitative estimate of drug-likeness (QED) is 0.363. The van der Waals surface area contributed by atoms with Crippen molar-refractivity contribution in [2.75, 3.05) is 0 Å². The topological polar surface area (TPSA) is 74.6 Å². The molecule has 0 bridgehead atoms. The minimum Gasteiger partial charge on any atom is -0.481 e. The summed E-state index contributed by atoms with van der Waals surface area (Å²) in [5.74, 6) is -0.373. The molecule has 1 aliphatic carbocycles. The maximum absolute atomic E-state index is 12.2. The molecule has 0 saturated heterocycles. The molecular formula is C22H34O4. The van der Waals surface area contributed by atoms with E-state index in [0.29, 0.717) is 25.7 Å². The van der Waals surface area contributed by atoms with Crippen LogP contribution in [0.5, 0.6) is 0 Å². The van der Waals surface area contributed by atoms with Gasteiger partial charge >= 0.3 is 5.97 Å². The molecule has 0 aromatic carbocycles. The average Bonchev–Trinajstić information content (AvgIpc) is 2.96. The predicted octanol–water partition coefficient (Wildman–Crippen LogP) is 4.84. The molecule has 1 rings (SSSR count). The van der Waals surface area contributed by atoms with Crippen molar-refractivity contribution in [3.63, 3.8) is 0 Å². The molecule has 4 nitrogen and oxygen atoms in total. The summed E-state index contributed by atoms with van der Waals surface area (Å²) in [7, 11) is 0. The number of unbranched alkanes of at least 4 members (excludes halogenated alkanes) is 3. The van der Waals surface area contributed by atoms with E-state index in [1.165, 1.54) is 0 Å². The van der Waals surface area contributed by atoms with Crippen LogP contribution < -0.4 is 0 Å². The first-order chi connectivity index (χ1) is 12.4. The first-order valence-electron chi connectivity index (χ1n) is 9.86. The molecule has 1 fully saturated rings. The fourth-order valence-electron chi connectivity index (χ4n) is 3.40. The Kier molecular flexibility index (Phi) is 10.2. The SMILES string of the molecule is C=CC(O)(C=C[C@H]1CCC(=O)[C@@H]1CC=CCCCC(=O)O)CCCCC. The van der Waals surface area contributed by atoms with E-state index in [4.69, 9.17) is 5.11 Å². The highest BCUT2D eigenvalue weighted by Gasteiger charge is 2.32. The molecule has 1 unspecified atom stereocenters. The van der Waals surface area contributed by atoms with Gasteiger partial charge in [0.05, 0.1) is 0 Å². The van der Waals surface area contributed by atoms with Crippen LogP contribution in [0.4, 0.5) is 0 Å². The molecule has 0 aliphatic heterocycles. The van der Waals surface area contributed by atoms with Gasteiger partial charge in [-0.3, -0.25) is 9.59 Å². The highest BCUT2D eigenvalue weighted by molar-refractivity contribution is 5.83. The number of carbonyl (C=O) groups is 2. The van der Waals surface area contributed by atoms with Gasteiger partial charge in [-0.1, -0.05) is 56.7 Å². The van der Waals surface area contributed by atoms with Crippen LogP contribution in [0.15, 0.2) is 37.0 Å². The van der Waals surface area contributed by atoms with Crippen LogP contribution in [0.1, 0.15) is 71.1 Å². The van der Waals surface area contributed by atoms with Crippen LogP contribution in [0, 0.1) is 11.8 Å². The Balaban J connectivity index is 2.55. The number of carboxylic acid groups (broad SMARTS) is 1. The lowest BCUT2D eigenvalue weighted by molar-refractivity contribution is -0.137. The number of allylic oxidation sites excluding steroid dienone is 3. The fourth-order valence-corrected chi connectivity index (χ4v) is 3.40. The van der Waals surface area contributed by atoms with Crippen molar-refractivity contribution in [1.29, 1.82) is 0 Å². The van der Waals surface area contributed by atoms with E-state index in [1.54, 1.807) is 6.08 Å². The van der Waals surface area contributed by atoms with E-state index >= 15 is 0 Å². The van der Waals surface area contributed by atoms with Gasteiger partial charge in [0.25, 0.3) is 0 Å². The summed E-state index contributed by atoms with van der Waals surface area (Å²) >= 11 is 0. The van der Waals surface area contributed by atoms with E-state index in [2.05, 4.69) is 13.5 Å². The monoisotopic (exact) mass is 362 g/mol. The Labute approximate surface area is 157 Å². The van der Waals surface area contributed by atoms with Crippen LogP contribution in [0.3, 0.4) is 0 Å². The number of hydrogen-bond donors (Lipinski definition) is 2. The van der Waals surface area contributed by atoms with Crippen LogP contribution in [0.2, 0.25) is 0 Å². The number of aliphatic hydroxyl groups is 1. The molecule has 0 heterocycles. The zero-order chi connectivity index (χ0) is 19.4. The van der Waals surface area contributed by atoms with E-state index < -0.39 is 11.6 Å². The Morgan fingerprint density at radius 3 is 2.73 bits per heavy atom. The number of carbonyl (C=O) groups excluding carboxylic acids is 1. The fraction of sp³-hybridized carbons (Fsp3) is 0.636. The van der Waals surface area contributed by atoms with Crippen molar-refractivity contribution in [1.82, 2.24) is 0 Å². The predicted molar refractivity (Wildman–Crippen MR) is 105 cm³/mol. The third-order valence-corrected chi connectivity index (χ3v) is 5.14. The number of rotatable bonds is 13. The lowest BCUT2D eigenvalue weighted by Crippen LogP contribution is -2.23. The second-order valence-electron chi connectivity index (χ2n) is 7.28. The maximum Gasteiger partial charge on any atom is 0.303 e. The molecule has 1 saturated carbocycles. The largest absolute Gasteiger partial charge is 0.481 e. The minimum absolute atomic E-state index is 0.0355. The van der Waals surface area contributed by atoms with Crippen molar-refractivity contribution in [2.45, 2.75) is 76.7 Å². The average molecular weight is 363 g/mol. The summed E-state index contributed by atoms with van der Waals surface area (Å²) in [6.07, 6.45) is 16.8. The highest BCUT2D eigenvalue weighted by atomic mass is 16.4. The second kappa shape index (κ2) is 11.8. The van der Waals surface area contributed by atoms with Crippen molar-refractivity contribution >= 4 is 11.8 Å². The zero-order valence-corrected chi connectivity index (χ0v) is 16.0. The molecule has 0 aromatic rings. The molecule has 0 amide bonds. The molecule has 1 aliphatic rings. The van der Waals surface area contributed by atoms with Gasteiger partial charge in [-0.2, -0.15) is 0 Å². The standard InChI is InChI=1S/C22H34O4/c1-3-5-10-16-22(26,4-2)17-15-18-13-14-20(23)19(18)11-8-6-7-9-12-21(24)25/h4,6,8,15,17-19,26H,2-3,5,7,9-14,16H2,1H3,(H,24,25)/t18-,19-,22?/m1/s1. The van der Waals surface area contributed by atoms with Gasteiger partial charge in [-0.15, -0.1) is 0 Å². The van der Waals surface area contributed by atoms with E-state index in [1.807, 2.05) is 24.3 Å². The summed E-state index contributed by atoms with van der Waals surface area (Å²) in [6.45, 7) is 5.89. The summed E-state index contributed by atoms with van der Waals surface area (Å²) in [6, 6.07) is 0. The number of Topliss-reactive ketones (excluding diaryl/α,β-unsaturated/α-hetero) is 1. The van der Waals surface area contributed by atoms with Crippen LogP contribution in [0.25, 0.3) is 0 Å². The number of hydrogen-bond acceptors (Lipinski definition) is 3. The molecule has 4 heteroatoms. The minimum atomic E-state index is -0.988. The van der Waals surface area contributed by atoms with E-state index in [9.17, 15) is 14.7 Å². The maximum atomic E-state index is 12.2. The third-order valence-electron chi connectivity index (χ3n) is 5.14. The number of carboxylic acids is 1. The van der Waals surface area contributed by atoms with Gasteiger partial charge in [0.1, 0.15) is 11.4 Å². The normalized spacial score (nSPS) is 22.9. The summed E-state index contributed by atoms with van der Waals surface area (Å²) in [5.41, 5.74) is -0.988. The zero-order valence-electron chi connectivity index (χ0n) is 16.0. The van der Waals surface area contributed by atoms with Crippen molar-refractivity contribution in [3.05, 3.63) is 37.0 Å². The molecule has 0 aromatic heterocycles. The van der Waals surface area contributed by atoms with Crippen molar-refractivity contribution in [2.24, 2.45) is 11.8 Å². The van der Waals surface area contributed by atoms with Crippen LogP contribution in [-0.4, -0.2) is 27.6 Å². The first kappa shape index (κ1) is 22.4. The summed E-state index contributed by atoms with van der Waals surface area (Å²) < 4.78 is 0. The van der Waals surface area contributed by atoms with Gasteiger partial charge in [0, 0.05) is 18.8 Å². The molecule has 3 atom stereocenters. The van der Waals surface area contributed by atoms with Crippen molar-refractivity contribution < 1.29 is 19.8 Å². The van der Waals surface area contributed by atoms with Gasteiger partial charge in [-0.05, 0) is 44.4 Å². The molecular weight excluding hydrogens is 328 g/mol. The Hall–Kier alpha value is -1.68. The first-order valence-corrected chi connectivity index (χ1v) is 9.86. The van der Waals surface area contributed by atoms with Crippen LogP contribution in [-0.2, 0) is 9.59 Å². The Morgan fingerprint density at radius 1 is 1.31 bits per heavy atom. The van der Waals surface area contributed by atoms with Gasteiger partial charge in [0.15, 0.2) is 0 Å². The van der Waals surface area contributed by atoms with E-state index in [-0.39, 0.29) is 24.0 Å². The summed E-state index contributed by atoms with van der Waals surface area (Å²) in [5, 5.41) is 19.2. The summed E-state index contributed by atoms with van der Waals surface area (Å²) in [4.78, 5) is 22.7. The molecule has 0 radical (unpaired) electrons. The van der Waals surface area contributed by atoms with Crippen LogP contribution >= 0.6 is 0 Å². The number of aliphatic carboxylic acids is 1. The molecule has 0 spiro atoms. The Bertz CT molecular complexity index is 520. The second-order valence-corrected chi connectivity index (χ2v) is 7.28. The smallest absolute Gasteiger partial charge is 0.303 e. The molecule has 146 valence electrons. The third kappa shape index (κ3) is 8.13. The van der Waals surface area contributed by atoms with Crippen molar-refractivity contribution in [3.8, 4) is 0 Å². The lowest BCUT2D eigenvalue weighted by Gasteiger charge is -2.21. The van der Waals surface area contributed by atoms with E-state index in [0.717, 1.165) is 32.1 Å². The van der Waals surface area contributed by atoms with Gasteiger partial charge in [0.2, 0.25) is 0 Å². The van der Waals surface area contributed by atoms with Gasteiger partial charge in [-0.25, -0.2) is 0 Å². The Morgan fingerprint density at radius 2 is 2.08 bits per heavy atom. The lowest BCUT2D eigenvalue weighted by atomic mass is 9.88. The number of ketones is 1. The molecule has 2 N–H and O–H groups in total. The molecule has 26 heavy (non-hydrogen) atoms.